The average Bonchev–Trinajstić information content (AvgIpc) is 2.49. The molecule has 1 N–H and O–H groups in total. The van der Waals surface area contributed by atoms with Gasteiger partial charge in [0.05, 0.1) is 24.7 Å². The molecule has 112 valence electrons. The Bertz CT molecular complexity index is 634. The Morgan fingerprint density at radius 2 is 1.86 bits per heavy atom. The van der Waals surface area contributed by atoms with Crippen LogP contribution < -0.4 is 14.8 Å². The van der Waals surface area contributed by atoms with Crippen molar-refractivity contribution in [3.63, 3.8) is 0 Å². The van der Waals surface area contributed by atoms with E-state index in [2.05, 4.69) is 21.2 Å². The zero-order chi connectivity index (χ0) is 15.4. The Hall–Kier alpha value is -1.59. The largest absolute Gasteiger partial charge is 0.497 e. The fourth-order valence-electron chi connectivity index (χ4n) is 2.23. The Morgan fingerprint density at radius 3 is 2.38 bits per heavy atom. The first kappa shape index (κ1) is 15.8. The summed E-state index contributed by atoms with van der Waals surface area (Å²) in [6.45, 7) is 0. The van der Waals surface area contributed by atoms with Crippen LogP contribution in [0.1, 0.15) is 17.2 Å². The highest BCUT2D eigenvalue weighted by molar-refractivity contribution is 9.10. The summed E-state index contributed by atoms with van der Waals surface area (Å²) in [7, 11) is 4.93. The van der Waals surface area contributed by atoms with Crippen LogP contribution >= 0.6 is 15.9 Å². The molecule has 0 saturated carbocycles. The lowest BCUT2D eigenvalue weighted by Gasteiger charge is -2.19. The number of ether oxygens (including phenoxy) is 2. The number of rotatable bonds is 5. The molecule has 0 bridgehead atoms. The lowest BCUT2D eigenvalue weighted by Crippen LogP contribution is -2.19. The molecule has 1 atom stereocenters. The maximum atomic E-state index is 14.2. The highest BCUT2D eigenvalue weighted by atomic mass is 79.9. The summed E-state index contributed by atoms with van der Waals surface area (Å²) >= 11 is 3.45. The fraction of sp³-hybridized carbons (Fsp3) is 0.250. The van der Waals surface area contributed by atoms with Gasteiger partial charge in [-0.3, -0.25) is 0 Å². The minimum absolute atomic E-state index is 0.252. The summed E-state index contributed by atoms with van der Waals surface area (Å²) in [4.78, 5) is 0. The SMILES string of the molecule is CNC(c1ccc(OC)c(Br)c1)c1ccc(OC)cc1F. The number of halogens is 2. The number of nitrogens with one attached hydrogen (secondary N) is 1. The second-order valence-electron chi connectivity index (χ2n) is 4.50. The molecule has 0 aliphatic heterocycles. The number of benzene rings is 2. The number of methoxy groups -OCH3 is 2. The molecule has 0 spiro atoms. The minimum Gasteiger partial charge on any atom is -0.497 e. The van der Waals surface area contributed by atoms with Gasteiger partial charge in [-0.05, 0) is 46.7 Å². The van der Waals surface area contributed by atoms with Gasteiger partial charge in [-0.25, -0.2) is 4.39 Å². The van der Waals surface area contributed by atoms with Crippen molar-refractivity contribution in [3.05, 3.63) is 57.8 Å². The molecular formula is C16H17BrFNO2. The molecule has 2 aromatic carbocycles. The summed E-state index contributed by atoms with van der Waals surface area (Å²) in [5, 5.41) is 3.14. The first-order chi connectivity index (χ1) is 10.1. The Balaban J connectivity index is 2.42. The maximum Gasteiger partial charge on any atom is 0.133 e. The third kappa shape index (κ3) is 3.36. The van der Waals surface area contributed by atoms with Crippen molar-refractivity contribution in [2.24, 2.45) is 0 Å². The van der Waals surface area contributed by atoms with Crippen LogP contribution in [0.5, 0.6) is 11.5 Å². The molecule has 21 heavy (non-hydrogen) atoms. The van der Waals surface area contributed by atoms with Crippen LogP contribution in [0.15, 0.2) is 40.9 Å². The zero-order valence-electron chi connectivity index (χ0n) is 12.1. The summed E-state index contributed by atoms with van der Waals surface area (Å²) in [5.74, 6) is 0.937. The van der Waals surface area contributed by atoms with Crippen LogP contribution in [0.3, 0.4) is 0 Å². The molecule has 0 amide bonds. The van der Waals surface area contributed by atoms with Crippen LogP contribution in [0.25, 0.3) is 0 Å². The Morgan fingerprint density at radius 1 is 1.10 bits per heavy atom. The molecule has 3 nitrogen and oxygen atoms in total. The molecule has 0 heterocycles. The molecular weight excluding hydrogens is 337 g/mol. The minimum atomic E-state index is -0.305. The summed E-state index contributed by atoms with van der Waals surface area (Å²) < 4.78 is 25.3. The second kappa shape index (κ2) is 6.91. The van der Waals surface area contributed by atoms with Gasteiger partial charge < -0.3 is 14.8 Å². The van der Waals surface area contributed by atoms with Gasteiger partial charge in [0, 0.05) is 11.6 Å². The van der Waals surface area contributed by atoms with E-state index in [-0.39, 0.29) is 11.9 Å². The third-order valence-electron chi connectivity index (χ3n) is 3.32. The summed E-state index contributed by atoms with van der Waals surface area (Å²) in [6, 6.07) is 10.3. The van der Waals surface area contributed by atoms with Gasteiger partial charge in [-0.15, -0.1) is 0 Å². The molecule has 0 radical (unpaired) electrons. The smallest absolute Gasteiger partial charge is 0.133 e. The standard InChI is InChI=1S/C16H17BrFNO2/c1-19-16(10-4-7-15(21-3)13(17)8-10)12-6-5-11(20-2)9-14(12)18/h4-9,16,19H,1-3H3. The van der Waals surface area contributed by atoms with Crippen LogP contribution in [-0.2, 0) is 0 Å². The highest BCUT2D eigenvalue weighted by Gasteiger charge is 2.18. The van der Waals surface area contributed by atoms with Gasteiger partial charge >= 0.3 is 0 Å². The summed E-state index contributed by atoms with van der Waals surface area (Å²) in [5.41, 5.74) is 1.50. The van der Waals surface area contributed by atoms with Crippen LogP contribution in [-0.4, -0.2) is 21.3 Å². The van der Waals surface area contributed by atoms with E-state index in [9.17, 15) is 4.39 Å². The lowest BCUT2D eigenvalue weighted by molar-refractivity contribution is 0.410. The van der Waals surface area contributed by atoms with Crippen molar-refractivity contribution in [2.45, 2.75) is 6.04 Å². The maximum absolute atomic E-state index is 14.2. The van der Waals surface area contributed by atoms with Gasteiger partial charge in [0.25, 0.3) is 0 Å². The Labute approximate surface area is 132 Å². The number of hydrogen-bond donors (Lipinski definition) is 1. The van der Waals surface area contributed by atoms with E-state index < -0.39 is 0 Å². The first-order valence-electron chi connectivity index (χ1n) is 6.44. The topological polar surface area (TPSA) is 30.5 Å². The van der Waals surface area contributed by atoms with Crippen molar-refractivity contribution in [2.75, 3.05) is 21.3 Å². The Kier molecular flexibility index (Phi) is 5.20. The molecule has 5 heteroatoms. The quantitative estimate of drug-likeness (QED) is 0.883. The van der Waals surface area contributed by atoms with E-state index >= 15 is 0 Å². The van der Waals surface area contributed by atoms with E-state index in [1.165, 1.54) is 13.2 Å². The van der Waals surface area contributed by atoms with E-state index in [4.69, 9.17) is 9.47 Å². The van der Waals surface area contributed by atoms with Gasteiger partial charge in [-0.2, -0.15) is 0 Å². The van der Waals surface area contributed by atoms with Gasteiger partial charge in [0.1, 0.15) is 17.3 Å². The predicted molar refractivity (Wildman–Crippen MR) is 84.5 cm³/mol. The number of hydrogen-bond acceptors (Lipinski definition) is 3. The average molecular weight is 354 g/mol. The van der Waals surface area contributed by atoms with Crippen molar-refractivity contribution >= 4 is 15.9 Å². The van der Waals surface area contributed by atoms with Gasteiger partial charge in [0.15, 0.2) is 0 Å². The summed E-state index contributed by atoms with van der Waals surface area (Å²) in [6.07, 6.45) is 0. The van der Waals surface area contributed by atoms with E-state index in [0.29, 0.717) is 11.3 Å². The molecule has 0 aliphatic rings. The molecule has 0 saturated heterocycles. The van der Waals surface area contributed by atoms with Crippen LogP contribution in [0.2, 0.25) is 0 Å². The second-order valence-corrected chi connectivity index (χ2v) is 5.36. The normalized spacial score (nSPS) is 12.0. The molecule has 0 aliphatic carbocycles. The van der Waals surface area contributed by atoms with E-state index in [1.807, 2.05) is 18.2 Å². The third-order valence-corrected chi connectivity index (χ3v) is 3.94. The molecule has 2 rings (SSSR count). The van der Waals surface area contributed by atoms with Crippen molar-refractivity contribution in [1.29, 1.82) is 0 Å². The van der Waals surface area contributed by atoms with Crippen molar-refractivity contribution < 1.29 is 13.9 Å². The first-order valence-corrected chi connectivity index (χ1v) is 7.24. The molecule has 2 aromatic rings. The molecule has 0 aromatic heterocycles. The van der Waals surface area contributed by atoms with Crippen LogP contribution in [0, 0.1) is 5.82 Å². The zero-order valence-corrected chi connectivity index (χ0v) is 13.7. The molecule has 1 unspecified atom stereocenters. The predicted octanol–water partition coefficient (Wildman–Crippen LogP) is 3.91. The highest BCUT2D eigenvalue weighted by Crippen LogP contribution is 2.32. The van der Waals surface area contributed by atoms with Crippen molar-refractivity contribution in [3.8, 4) is 11.5 Å². The fourth-order valence-corrected chi connectivity index (χ4v) is 2.79. The van der Waals surface area contributed by atoms with Gasteiger partial charge in [0.2, 0.25) is 0 Å². The lowest BCUT2D eigenvalue weighted by atomic mass is 9.98. The molecule has 0 fully saturated rings. The van der Waals surface area contributed by atoms with E-state index in [1.54, 1.807) is 26.3 Å². The van der Waals surface area contributed by atoms with E-state index in [0.717, 1.165) is 15.8 Å². The van der Waals surface area contributed by atoms with Crippen LogP contribution in [0.4, 0.5) is 4.39 Å². The monoisotopic (exact) mass is 353 g/mol. The van der Waals surface area contributed by atoms with Crippen molar-refractivity contribution in [1.82, 2.24) is 5.32 Å². The van der Waals surface area contributed by atoms with Gasteiger partial charge in [-0.1, -0.05) is 12.1 Å².